The minimum atomic E-state index is -10.0. The summed E-state index contributed by atoms with van der Waals surface area (Å²) in [4.78, 5) is -2.27. The second-order valence-electron chi connectivity index (χ2n) is 4.72. The Morgan fingerprint density at radius 2 is 1.60 bits per heavy atom. The first-order valence-electron chi connectivity index (χ1n) is 5.48. The molecule has 2 rings (SSSR count). The number of nitrogens with zero attached hydrogens (tertiary/aromatic N) is 2. The van der Waals surface area contributed by atoms with E-state index in [1.165, 1.54) is 0 Å². The van der Waals surface area contributed by atoms with Gasteiger partial charge in [0.25, 0.3) is 0 Å². The maximum absolute atomic E-state index is 13.3. The molecule has 2 nitrogen and oxygen atoms in total. The molecule has 0 spiro atoms. The van der Waals surface area contributed by atoms with Gasteiger partial charge >= 0.3 is 10.2 Å². The molecule has 0 radical (unpaired) electrons. The van der Waals surface area contributed by atoms with E-state index in [9.17, 15) is 23.8 Å². The number of halogens is 6. The zero-order valence-electron chi connectivity index (χ0n) is 10.4. The summed E-state index contributed by atoms with van der Waals surface area (Å²) in [6, 6.07) is 0.558. The molecule has 1 aromatic carbocycles. The molecule has 0 aliphatic heterocycles. The predicted molar refractivity (Wildman–Crippen MR) is 65.0 cm³/mol. The molecule has 0 saturated heterocycles. The van der Waals surface area contributed by atoms with Crippen LogP contribution in [0.2, 0.25) is 0 Å². The fraction of sp³-hybridized carbons (Fsp3) is 0.273. The minimum Gasteiger partial charge on any atom is -0.207 e. The van der Waals surface area contributed by atoms with Gasteiger partial charge in [0.05, 0.1) is 11.9 Å². The van der Waals surface area contributed by atoms with Gasteiger partial charge in [-0.2, -0.15) is 10.2 Å². The largest absolute Gasteiger partial charge is 0.311 e. The molecule has 1 aromatic heterocycles. The molecule has 1 heterocycles. The van der Waals surface area contributed by atoms with E-state index in [1.54, 1.807) is 13.8 Å². The SMILES string of the molecule is CC(C)c1nncc2c(S(F)(F)(F)(F)F)cc(F)cc12. The van der Waals surface area contributed by atoms with Crippen LogP contribution in [0.4, 0.5) is 23.8 Å². The van der Waals surface area contributed by atoms with Crippen LogP contribution in [0.3, 0.4) is 0 Å². The molecule has 0 aliphatic carbocycles. The Balaban J connectivity index is 3.00. The summed E-state index contributed by atoms with van der Waals surface area (Å²) in [5.74, 6) is -1.78. The van der Waals surface area contributed by atoms with Gasteiger partial charge in [0.15, 0.2) is 0 Å². The molecule has 0 fully saturated rings. The summed E-state index contributed by atoms with van der Waals surface area (Å²) in [7, 11) is -10.0. The van der Waals surface area contributed by atoms with Crippen molar-refractivity contribution in [3.63, 3.8) is 0 Å². The smallest absolute Gasteiger partial charge is 0.207 e. The summed E-state index contributed by atoms with van der Waals surface area (Å²) in [5, 5.41) is 5.76. The lowest BCUT2D eigenvalue weighted by molar-refractivity contribution is 0.364. The van der Waals surface area contributed by atoms with E-state index in [2.05, 4.69) is 10.2 Å². The summed E-state index contributed by atoms with van der Waals surface area (Å²) in [6.07, 6.45) is 0.577. The summed E-state index contributed by atoms with van der Waals surface area (Å²) < 4.78 is 78.2. The number of rotatable bonds is 2. The van der Waals surface area contributed by atoms with Crippen LogP contribution in [0.15, 0.2) is 23.2 Å². The average molecular weight is 316 g/mol. The molecule has 112 valence electrons. The molecule has 0 atom stereocenters. The molecule has 0 bridgehead atoms. The van der Waals surface area contributed by atoms with Crippen LogP contribution >= 0.6 is 10.2 Å². The van der Waals surface area contributed by atoms with E-state index < -0.39 is 26.3 Å². The van der Waals surface area contributed by atoms with Gasteiger partial charge in [-0.25, -0.2) is 4.39 Å². The number of hydrogen-bond acceptors (Lipinski definition) is 2. The zero-order valence-corrected chi connectivity index (χ0v) is 11.2. The Labute approximate surface area is 110 Å². The molecular formula is C11H10F6N2S. The Hall–Kier alpha value is -1.51. The Kier molecular flexibility index (Phi) is 2.66. The Morgan fingerprint density at radius 1 is 1.00 bits per heavy atom. The van der Waals surface area contributed by atoms with Crippen molar-refractivity contribution in [3.05, 3.63) is 29.8 Å². The van der Waals surface area contributed by atoms with Crippen LogP contribution in [0.25, 0.3) is 10.8 Å². The quantitative estimate of drug-likeness (QED) is 0.679. The van der Waals surface area contributed by atoms with Gasteiger partial charge in [-0.1, -0.05) is 33.3 Å². The fourth-order valence-corrected chi connectivity index (χ4v) is 2.80. The van der Waals surface area contributed by atoms with Crippen LogP contribution < -0.4 is 0 Å². The van der Waals surface area contributed by atoms with Crippen molar-refractivity contribution in [1.82, 2.24) is 10.2 Å². The van der Waals surface area contributed by atoms with Crippen LogP contribution in [-0.2, 0) is 0 Å². The zero-order chi connectivity index (χ0) is 15.4. The minimum absolute atomic E-state index is 0.0325. The molecule has 20 heavy (non-hydrogen) atoms. The monoisotopic (exact) mass is 316 g/mol. The number of benzene rings is 1. The summed E-state index contributed by atoms with van der Waals surface area (Å²) in [5.41, 5.74) is 0.0325. The van der Waals surface area contributed by atoms with Crippen LogP contribution in [0.1, 0.15) is 25.5 Å². The van der Waals surface area contributed by atoms with Gasteiger partial charge in [-0.05, 0) is 18.1 Å². The maximum Gasteiger partial charge on any atom is 0.311 e. The number of fused-ring (bicyclic) bond motifs is 1. The summed E-state index contributed by atoms with van der Waals surface area (Å²) in [6.45, 7) is 3.18. The van der Waals surface area contributed by atoms with Gasteiger partial charge in [-0.15, -0.1) is 0 Å². The molecule has 0 N–H and O–H groups in total. The van der Waals surface area contributed by atoms with Crippen molar-refractivity contribution in [2.75, 3.05) is 0 Å². The highest BCUT2D eigenvalue weighted by molar-refractivity contribution is 8.46. The normalized spacial score (nSPS) is 16.2. The van der Waals surface area contributed by atoms with Gasteiger partial charge in [-0.3, -0.25) is 0 Å². The number of hydrogen-bond donors (Lipinski definition) is 0. The number of aromatic nitrogens is 2. The molecule has 0 saturated carbocycles. The standard InChI is InChI=1S/C11H10F6N2S/c1-6(2)11-8-3-7(12)4-10(9(8)5-18-19-11)20(13,14,15,16)17/h3-6H,1-2H3. The first-order chi connectivity index (χ1) is 8.79. The van der Waals surface area contributed by atoms with Crippen LogP contribution in [0.5, 0.6) is 0 Å². The topological polar surface area (TPSA) is 25.8 Å². The Bertz CT molecular complexity index is 695. The lowest BCUT2D eigenvalue weighted by atomic mass is 10.0. The highest BCUT2D eigenvalue weighted by atomic mass is 32.5. The van der Waals surface area contributed by atoms with Crippen molar-refractivity contribution in [2.45, 2.75) is 24.7 Å². The van der Waals surface area contributed by atoms with Gasteiger partial charge < -0.3 is 0 Å². The van der Waals surface area contributed by atoms with Crippen molar-refractivity contribution < 1.29 is 23.8 Å². The lowest BCUT2D eigenvalue weighted by Gasteiger charge is -2.41. The van der Waals surface area contributed by atoms with Gasteiger partial charge in [0.2, 0.25) is 0 Å². The second kappa shape index (κ2) is 3.57. The maximum atomic E-state index is 13.3. The molecular weight excluding hydrogens is 306 g/mol. The Morgan fingerprint density at radius 3 is 2.10 bits per heavy atom. The van der Waals surface area contributed by atoms with E-state index in [0.29, 0.717) is 6.20 Å². The molecule has 0 aliphatic rings. The lowest BCUT2D eigenvalue weighted by Crippen LogP contribution is -2.09. The van der Waals surface area contributed by atoms with E-state index >= 15 is 0 Å². The predicted octanol–water partition coefficient (Wildman–Crippen LogP) is 5.55. The highest BCUT2D eigenvalue weighted by Crippen LogP contribution is 3.02. The second-order valence-corrected chi connectivity index (χ2v) is 7.10. The van der Waals surface area contributed by atoms with Gasteiger partial charge in [0, 0.05) is 10.8 Å². The third kappa shape index (κ3) is 2.67. The van der Waals surface area contributed by atoms with Crippen molar-refractivity contribution in [2.24, 2.45) is 0 Å². The molecule has 2 aromatic rings. The van der Waals surface area contributed by atoms with Crippen molar-refractivity contribution in [3.8, 4) is 0 Å². The van der Waals surface area contributed by atoms with E-state index in [1.807, 2.05) is 0 Å². The van der Waals surface area contributed by atoms with Crippen molar-refractivity contribution in [1.29, 1.82) is 0 Å². The van der Waals surface area contributed by atoms with E-state index in [0.717, 1.165) is 6.07 Å². The summed E-state index contributed by atoms with van der Waals surface area (Å²) >= 11 is 0. The molecule has 0 amide bonds. The van der Waals surface area contributed by atoms with Crippen LogP contribution in [-0.4, -0.2) is 10.2 Å². The highest BCUT2D eigenvalue weighted by Gasteiger charge is 2.66. The van der Waals surface area contributed by atoms with E-state index in [-0.39, 0.29) is 23.1 Å². The molecule has 9 heteroatoms. The van der Waals surface area contributed by atoms with E-state index in [4.69, 9.17) is 0 Å². The van der Waals surface area contributed by atoms with Gasteiger partial charge in [0.1, 0.15) is 10.7 Å². The van der Waals surface area contributed by atoms with Crippen LogP contribution in [0, 0.1) is 5.82 Å². The first kappa shape index (κ1) is 14.9. The fourth-order valence-electron chi connectivity index (χ4n) is 1.89. The first-order valence-corrected chi connectivity index (χ1v) is 7.43. The third-order valence-corrected chi connectivity index (χ3v) is 3.87. The average Bonchev–Trinajstić information content (AvgIpc) is 2.23. The third-order valence-electron chi connectivity index (χ3n) is 2.70. The molecule has 0 unspecified atom stereocenters. The van der Waals surface area contributed by atoms with Crippen molar-refractivity contribution >= 4 is 21.0 Å².